The van der Waals surface area contributed by atoms with Crippen molar-refractivity contribution in [2.75, 3.05) is 6.54 Å². The second-order valence-electron chi connectivity index (χ2n) is 5.52. The molecule has 0 heterocycles. The highest BCUT2D eigenvalue weighted by Gasteiger charge is 2.21. The predicted molar refractivity (Wildman–Crippen MR) is 84.2 cm³/mol. The van der Waals surface area contributed by atoms with Crippen LogP contribution in [0.2, 0.25) is 10.0 Å². The number of halogens is 2. The lowest BCUT2D eigenvalue weighted by molar-refractivity contribution is 0.0935. The quantitative estimate of drug-likeness (QED) is 0.853. The molecule has 21 heavy (non-hydrogen) atoms. The summed E-state index contributed by atoms with van der Waals surface area (Å²) < 4.78 is 22.9. The number of hydrogen-bond acceptors (Lipinski definition) is 3. The molecule has 0 aliphatic carbocycles. The molecule has 1 amide bonds. The van der Waals surface area contributed by atoms with E-state index in [-0.39, 0.29) is 25.9 Å². The molecule has 0 aliphatic rings. The first kappa shape index (κ1) is 18.2. The number of sulfonamides is 1. The smallest absolute Gasteiger partial charge is 0.251 e. The molecule has 0 spiro atoms. The van der Waals surface area contributed by atoms with Gasteiger partial charge < -0.3 is 5.32 Å². The van der Waals surface area contributed by atoms with Gasteiger partial charge in [0.2, 0.25) is 10.0 Å². The summed E-state index contributed by atoms with van der Waals surface area (Å²) in [6, 6.07) is 2.44. The third kappa shape index (κ3) is 4.85. The van der Waals surface area contributed by atoms with E-state index >= 15 is 0 Å². The van der Waals surface area contributed by atoms with Crippen molar-refractivity contribution in [1.82, 2.24) is 5.32 Å². The zero-order valence-corrected chi connectivity index (χ0v) is 14.4. The fourth-order valence-electron chi connectivity index (χ4n) is 1.45. The number of carbonyl (C=O) groups excluding carboxylic acids is 1. The van der Waals surface area contributed by atoms with Crippen LogP contribution in [0.25, 0.3) is 0 Å². The van der Waals surface area contributed by atoms with Gasteiger partial charge in [-0.1, -0.05) is 44.0 Å². The Morgan fingerprint density at radius 1 is 1.33 bits per heavy atom. The molecule has 0 fully saturated rings. The minimum Gasteiger partial charge on any atom is -0.352 e. The van der Waals surface area contributed by atoms with Crippen LogP contribution in [0.1, 0.15) is 37.6 Å². The maximum Gasteiger partial charge on any atom is 0.251 e. The van der Waals surface area contributed by atoms with Gasteiger partial charge in [0, 0.05) is 12.1 Å². The predicted octanol–water partition coefficient (Wildman–Crippen LogP) is 2.81. The van der Waals surface area contributed by atoms with Crippen LogP contribution < -0.4 is 10.5 Å². The van der Waals surface area contributed by atoms with Gasteiger partial charge >= 0.3 is 0 Å². The molecule has 118 valence electrons. The van der Waals surface area contributed by atoms with E-state index in [1.807, 2.05) is 20.8 Å². The Kier molecular flexibility index (Phi) is 5.66. The summed E-state index contributed by atoms with van der Waals surface area (Å²) in [6.07, 6.45) is 0.886. The average molecular weight is 353 g/mol. The third-order valence-electron chi connectivity index (χ3n) is 3.25. The van der Waals surface area contributed by atoms with Crippen molar-refractivity contribution in [3.63, 3.8) is 0 Å². The first-order valence-electron chi connectivity index (χ1n) is 6.28. The van der Waals surface area contributed by atoms with E-state index in [0.29, 0.717) is 6.54 Å². The molecule has 1 aromatic carbocycles. The first-order valence-corrected chi connectivity index (χ1v) is 8.58. The molecule has 5 nitrogen and oxygen atoms in total. The van der Waals surface area contributed by atoms with Crippen LogP contribution in [0.4, 0.5) is 0 Å². The number of primary sulfonamides is 1. The van der Waals surface area contributed by atoms with Gasteiger partial charge in [-0.3, -0.25) is 4.79 Å². The Hall–Kier alpha value is -0.820. The largest absolute Gasteiger partial charge is 0.352 e. The van der Waals surface area contributed by atoms with E-state index in [2.05, 4.69) is 5.32 Å². The van der Waals surface area contributed by atoms with Gasteiger partial charge in [0.05, 0.1) is 10.0 Å². The van der Waals surface area contributed by atoms with E-state index < -0.39 is 15.9 Å². The van der Waals surface area contributed by atoms with Gasteiger partial charge in [-0.25, -0.2) is 13.6 Å². The number of carbonyl (C=O) groups is 1. The Bertz CT molecular complexity index is 658. The number of nitrogens with one attached hydrogen (secondary N) is 1. The molecule has 0 bridgehead atoms. The van der Waals surface area contributed by atoms with Crippen molar-refractivity contribution in [3.05, 3.63) is 27.7 Å². The van der Waals surface area contributed by atoms with E-state index in [0.717, 1.165) is 12.5 Å². The average Bonchev–Trinajstić information content (AvgIpc) is 2.37. The van der Waals surface area contributed by atoms with Gasteiger partial charge in [0.25, 0.3) is 5.91 Å². The summed E-state index contributed by atoms with van der Waals surface area (Å²) in [4.78, 5) is 11.7. The molecule has 1 rings (SSSR count). The zero-order valence-electron chi connectivity index (χ0n) is 12.0. The molecule has 0 saturated heterocycles. The molecular weight excluding hydrogens is 335 g/mol. The minimum absolute atomic E-state index is 0.0388. The summed E-state index contributed by atoms with van der Waals surface area (Å²) in [6.45, 7) is 6.49. The number of amides is 1. The summed E-state index contributed by atoms with van der Waals surface area (Å²) in [5.74, 6) is -0.431. The summed E-state index contributed by atoms with van der Waals surface area (Å²) in [7, 11) is -4.06. The fraction of sp³-hybridized carbons (Fsp3) is 0.462. The third-order valence-corrected chi connectivity index (χ3v) is 5.10. The number of hydrogen-bond donors (Lipinski definition) is 2. The van der Waals surface area contributed by atoms with Crippen molar-refractivity contribution >= 4 is 39.1 Å². The number of benzene rings is 1. The van der Waals surface area contributed by atoms with E-state index in [1.54, 1.807) is 0 Å². The second-order valence-corrected chi connectivity index (χ2v) is 7.83. The SMILES string of the molecule is CCC(C)(C)CNC(=O)c1cc(Cl)c(Cl)c(S(N)(=O)=O)c1. The van der Waals surface area contributed by atoms with Crippen molar-refractivity contribution in [1.29, 1.82) is 0 Å². The Balaban J connectivity index is 3.10. The lowest BCUT2D eigenvalue weighted by Gasteiger charge is -2.23. The highest BCUT2D eigenvalue weighted by atomic mass is 35.5. The van der Waals surface area contributed by atoms with E-state index in [1.165, 1.54) is 6.07 Å². The topological polar surface area (TPSA) is 89.3 Å². The van der Waals surface area contributed by atoms with Crippen LogP contribution in [-0.4, -0.2) is 20.9 Å². The molecule has 0 radical (unpaired) electrons. The minimum atomic E-state index is -4.06. The maximum absolute atomic E-state index is 12.1. The molecule has 0 saturated carbocycles. The van der Waals surface area contributed by atoms with Gasteiger partial charge in [-0.2, -0.15) is 0 Å². The van der Waals surface area contributed by atoms with Gasteiger partial charge in [-0.15, -0.1) is 0 Å². The van der Waals surface area contributed by atoms with Crippen LogP contribution in [0, 0.1) is 5.41 Å². The number of rotatable bonds is 5. The van der Waals surface area contributed by atoms with Crippen LogP contribution in [-0.2, 0) is 10.0 Å². The highest BCUT2D eigenvalue weighted by molar-refractivity contribution is 7.89. The standard InChI is InChI=1S/C13H18Cl2N2O3S/c1-4-13(2,3)7-17-12(18)8-5-9(14)11(15)10(6-8)21(16,19)20/h5-6H,4,7H2,1-3H3,(H,17,18)(H2,16,19,20). The molecule has 0 aromatic heterocycles. The molecule has 0 atom stereocenters. The Morgan fingerprint density at radius 3 is 2.38 bits per heavy atom. The van der Waals surface area contributed by atoms with Crippen molar-refractivity contribution in [2.45, 2.75) is 32.1 Å². The van der Waals surface area contributed by atoms with Gasteiger partial charge in [0.1, 0.15) is 4.90 Å². The Morgan fingerprint density at radius 2 is 1.90 bits per heavy atom. The summed E-state index contributed by atoms with van der Waals surface area (Å²) >= 11 is 11.7. The normalized spacial score (nSPS) is 12.3. The first-order chi connectivity index (χ1) is 9.48. The molecule has 0 aliphatic heterocycles. The van der Waals surface area contributed by atoms with Gasteiger partial charge in [-0.05, 0) is 24.0 Å². The summed E-state index contributed by atoms with van der Waals surface area (Å²) in [5.41, 5.74) is 0.0367. The maximum atomic E-state index is 12.1. The van der Waals surface area contributed by atoms with Crippen molar-refractivity contribution in [3.8, 4) is 0 Å². The van der Waals surface area contributed by atoms with Crippen LogP contribution >= 0.6 is 23.2 Å². The molecule has 0 unspecified atom stereocenters. The van der Waals surface area contributed by atoms with Gasteiger partial charge in [0.15, 0.2) is 0 Å². The Labute approximate surface area is 134 Å². The van der Waals surface area contributed by atoms with Crippen molar-refractivity contribution in [2.24, 2.45) is 10.6 Å². The highest BCUT2D eigenvalue weighted by Crippen LogP contribution is 2.30. The van der Waals surface area contributed by atoms with Crippen molar-refractivity contribution < 1.29 is 13.2 Å². The lowest BCUT2D eigenvalue weighted by atomic mass is 9.90. The van der Waals surface area contributed by atoms with Crippen LogP contribution in [0.3, 0.4) is 0 Å². The monoisotopic (exact) mass is 352 g/mol. The van der Waals surface area contributed by atoms with E-state index in [4.69, 9.17) is 28.3 Å². The second kappa shape index (κ2) is 6.52. The fourth-order valence-corrected chi connectivity index (χ4v) is 2.81. The molecule has 3 N–H and O–H groups in total. The number of nitrogens with two attached hydrogens (primary N) is 1. The van der Waals surface area contributed by atoms with Crippen LogP contribution in [0.5, 0.6) is 0 Å². The molecule has 8 heteroatoms. The van der Waals surface area contributed by atoms with E-state index in [9.17, 15) is 13.2 Å². The molecule has 1 aromatic rings. The zero-order chi connectivity index (χ0) is 16.4. The molecular formula is C13H18Cl2N2O3S. The lowest BCUT2D eigenvalue weighted by Crippen LogP contribution is -2.33. The summed E-state index contributed by atoms with van der Waals surface area (Å²) in [5, 5.41) is 7.57. The van der Waals surface area contributed by atoms with Crippen LogP contribution in [0.15, 0.2) is 17.0 Å².